The van der Waals surface area contributed by atoms with E-state index in [0.717, 1.165) is 32.2 Å². The monoisotopic (exact) mass is 645 g/mol. The number of carbonyl (C=O) groups is 1. The van der Waals surface area contributed by atoms with Crippen LogP contribution in [0.2, 0.25) is 0 Å². The summed E-state index contributed by atoms with van der Waals surface area (Å²) in [6.45, 7) is 4.46. The predicted octanol–water partition coefficient (Wildman–Crippen LogP) is 6.20. The van der Waals surface area contributed by atoms with Crippen molar-refractivity contribution in [1.82, 2.24) is 20.2 Å². The third-order valence-corrected chi connectivity index (χ3v) is 10.7. The van der Waals surface area contributed by atoms with E-state index in [0.29, 0.717) is 65.6 Å². The number of hydrogen-bond donors (Lipinski definition) is 2. The van der Waals surface area contributed by atoms with E-state index in [2.05, 4.69) is 20.1 Å². The van der Waals surface area contributed by atoms with Crippen molar-refractivity contribution in [2.75, 3.05) is 37.7 Å². The average molecular weight is 646 g/mol. The minimum Gasteiger partial charge on any atom is -0.508 e. The van der Waals surface area contributed by atoms with Gasteiger partial charge in [0.05, 0.1) is 11.1 Å². The third kappa shape index (κ3) is 5.23. The van der Waals surface area contributed by atoms with Crippen LogP contribution < -0.4 is 15.0 Å². The van der Waals surface area contributed by atoms with Crippen molar-refractivity contribution in [3.8, 4) is 22.9 Å². The SMILES string of the molecule is C[C@@]12CCCN(C1)c1nc(OC[C@@]34CCCN3C[C@H](F)C4)nc3c(F)c(ccc13)-c1cc(O)cc3ccc(F)c(c13)CCCC(=O)N2. The number of aromatic nitrogens is 2. The quantitative estimate of drug-likeness (QED) is 0.274. The summed E-state index contributed by atoms with van der Waals surface area (Å²) in [5.74, 6) is -0.796. The lowest BCUT2D eigenvalue weighted by atomic mass is 9.89. The first kappa shape index (κ1) is 30.2. The van der Waals surface area contributed by atoms with E-state index < -0.39 is 28.9 Å². The molecule has 3 aromatic carbocycles. The second kappa shape index (κ2) is 11.2. The molecule has 3 atom stereocenters. The maximum absolute atomic E-state index is 17.0. The Kier molecular flexibility index (Phi) is 7.23. The molecule has 9 rings (SSSR count). The first-order valence-electron chi connectivity index (χ1n) is 16.6. The maximum Gasteiger partial charge on any atom is 0.319 e. The number of benzene rings is 3. The highest BCUT2D eigenvalue weighted by Gasteiger charge is 2.49. The fourth-order valence-corrected chi connectivity index (χ4v) is 8.59. The van der Waals surface area contributed by atoms with E-state index in [4.69, 9.17) is 9.72 Å². The molecule has 8 nitrogen and oxygen atoms in total. The summed E-state index contributed by atoms with van der Waals surface area (Å²) < 4.78 is 53.3. The van der Waals surface area contributed by atoms with E-state index >= 15 is 8.78 Å². The molecule has 0 saturated carbocycles. The number of nitrogens with one attached hydrogen (secondary N) is 1. The van der Waals surface area contributed by atoms with Crippen LogP contribution in [0.3, 0.4) is 0 Å². The molecule has 3 fully saturated rings. The van der Waals surface area contributed by atoms with Crippen LogP contribution in [0.4, 0.5) is 19.0 Å². The maximum atomic E-state index is 17.0. The number of amides is 1. The molecule has 0 radical (unpaired) electrons. The average Bonchev–Trinajstić information content (AvgIpc) is 3.56. The fraction of sp³-hybridized carbons (Fsp3) is 0.472. The molecule has 2 N–H and O–H groups in total. The van der Waals surface area contributed by atoms with Gasteiger partial charge < -0.3 is 20.1 Å². The van der Waals surface area contributed by atoms with Crippen LogP contribution in [0.25, 0.3) is 32.8 Å². The van der Waals surface area contributed by atoms with Gasteiger partial charge in [-0.05, 0) is 98.2 Å². The zero-order chi connectivity index (χ0) is 32.5. The van der Waals surface area contributed by atoms with Gasteiger partial charge in [-0.2, -0.15) is 9.97 Å². The first-order chi connectivity index (χ1) is 22.6. The number of nitrogens with zero attached hydrogens (tertiary/aromatic N) is 4. The Morgan fingerprint density at radius 1 is 1.04 bits per heavy atom. The molecule has 47 heavy (non-hydrogen) atoms. The number of aryl methyl sites for hydroxylation is 1. The summed E-state index contributed by atoms with van der Waals surface area (Å²) in [5.41, 5.74) is -0.119. The Hall–Kier alpha value is -4.12. The van der Waals surface area contributed by atoms with Gasteiger partial charge in [-0.25, -0.2) is 13.2 Å². The Morgan fingerprint density at radius 2 is 1.89 bits per heavy atom. The van der Waals surface area contributed by atoms with Gasteiger partial charge in [0.15, 0.2) is 5.82 Å². The molecule has 11 heteroatoms. The molecule has 246 valence electrons. The van der Waals surface area contributed by atoms with Crippen molar-refractivity contribution in [1.29, 1.82) is 0 Å². The number of halogens is 3. The second-order valence-electron chi connectivity index (χ2n) is 14.1. The minimum absolute atomic E-state index is 0.00277. The minimum atomic E-state index is -0.924. The number of piperidine rings is 1. The van der Waals surface area contributed by atoms with E-state index in [1.165, 1.54) is 18.2 Å². The molecule has 4 aromatic rings. The molecular formula is C36H38F3N5O3. The number of ether oxygens (including phenoxy) is 1. The fourth-order valence-electron chi connectivity index (χ4n) is 8.59. The van der Waals surface area contributed by atoms with E-state index in [1.807, 2.05) is 6.92 Å². The van der Waals surface area contributed by atoms with Gasteiger partial charge in [-0.15, -0.1) is 0 Å². The summed E-state index contributed by atoms with van der Waals surface area (Å²) in [7, 11) is 0. The van der Waals surface area contributed by atoms with Crippen molar-refractivity contribution < 1.29 is 27.8 Å². The van der Waals surface area contributed by atoms with Crippen molar-refractivity contribution >= 4 is 33.4 Å². The Morgan fingerprint density at radius 3 is 2.77 bits per heavy atom. The van der Waals surface area contributed by atoms with Crippen molar-refractivity contribution in [2.45, 2.75) is 75.5 Å². The summed E-state index contributed by atoms with van der Waals surface area (Å²) in [6, 6.07) is 9.29. The number of phenols is 1. The smallest absolute Gasteiger partial charge is 0.319 e. The molecule has 1 amide bonds. The molecule has 0 aliphatic carbocycles. The number of alkyl halides is 1. The van der Waals surface area contributed by atoms with Gasteiger partial charge in [-0.1, -0.05) is 12.1 Å². The Balaban J connectivity index is 1.32. The third-order valence-electron chi connectivity index (χ3n) is 10.7. The number of anilines is 1. The van der Waals surface area contributed by atoms with Gasteiger partial charge >= 0.3 is 6.01 Å². The largest absolute Gasteiger partial charge is 0.508 e. The van der Waals surface area contributed by atoms with Gasteiger partial charge in [0, 0.05) is 43.4 Å². The van der Waals surface area contributed by atoms with Crippen LogP contribution in [0.5, 0.6) is 11.8 Å². The van der Waals surface area contributed by atoms with Crippen LogP contribution in [-0.4, -0.2) is 75.9 Å². The number of carbonyl (C=O) groups excluding carboxylic acids is 1. The highest BCUT2D eigenvalue weighted by molar-refractivity contribution is 6.03. The molecule has 0 unspecified atom stereocenters. The normalized spacial score (nSPS) is 26.3. The molecule has 1 aromatic heterocycles. The molecule has 6 heterocycles. The lowest BCUT2D eigenvalue weighted by molar-refractivity contribution is -0.123. The number of aromatic hydroxyl groups is 1. The molecular weight excluding hydrogens is 607 g/mol. The Bertz CT molecular complexity index is 1920. The van der Waals surface area contributed by atoms with Crippen molar-refractivity contribution in [3.05, 3.63) is 53.6 Å². The first-order valence-corrected chi connectivity index (χ1v) is 16.6. The lowest BCUT2D eigenvalue weighted by Gasteiger charge is -2.42. The van der Waals surface area contributed by atoms with Crippen LogP contribution in [0.1, 0.15) is 57.4 Å². The second-order valence-corrected chi connectivity index (χ2v) is 14.1. The molecule has 5 aliphatic heterocycles. The summed E-state index contributed by atoms with van der Waals surface area (Å²) in [6.07, 6.45) is 3.60. The zero-order valence-corrected chi connectivity index (χ0v) is 26.4. The standard InChI is InChI=1S/C36H38F3N5O3/c1-35-11-3-13-43(19-35)33-26-9-8-24(27-16-23(45)15-21-7-10-28(38)25(30(21)27)5-2-6-29(46)42-35)31(39)32(26)40-34(41-33)47-20-36-12-4-14-44(36)18-22(37)17-36/h7-10,15-16,22,45H,2-6,11-14,17-20H2,1H3,(H,42,46)/t22-,35-,36+/m1/s1. The zero-order valence-electron chi connectivity index (χ0n) is 26.4. The number of phenolic OH excluding ortho intramolecular Hbond substituents is 1. The van der Waals surface area contributed by atoms with Crippen LogP contribution in [-0.2, 0) is 11.2 Å². The summed E-state index contributed by atoms with van der Waals surface area (Å²) >= 11 is 0. The highest BCUT2D eigenvalue weighted by Crippen LogP contribution is 2.43. The molecule has 6 bridgehead atoms. The van der Waals surface area contributed by atoms with Gasteiger partial charge in [0.25, 0.3) is 0 Å². The van der Waals surface area contributed by atoms with Crippen LogP contribution >= 0.6 is 0 Å². The predicted molar refractivity (Wildman–Crippen MR) is 174 cm³/mol. The number of fused-ring (bicyclic) bond motifs is 6. The number of rotatable bonds is 3. The highest BCUT2D eigenvalue weighted by atomic mass is 19.1. The van der Waals surface area contributed by atoms with E-state index in [1.54, 1.807) is 18.2 Å². The summed E-state index contributed by atoms with van der Waals surface area (Å²) in [4.78, 5) is 26.9. The van der Waals surface area contributed by atoms with Crippen LogP contribution in [0, 0.1) is 11.6 Å². The van der Waals surface area contributed by atoms with Gasteiger partial charge in [-0.3, -0.25) is 9.69 Å². The van der Waals surface area contributed by atoms with Gasteiger partial charge in [0.1, 0.15) is 35.7 Å². The van der Waals surface area contributed by atoms with Crippen molar-refractivity contribution in [3.63, 3.8) is 0 Å². The number of hydrogen-bond acceptors (Lipinski definition) is 7. The van der Waals surface area contributed by atoms with Crippen molar-refractivity contribution in [2.24, 2.45) is 0 Å². The van der Waals surface area contributed by atoms with Crippen LogP contribution in [0.15, 0.2) is 36.4 Å². The topological polar surface area (TPSA) is 90.8 Å². The molecule has 0 spiro atoms. The summed E-state index contributed by atoms with van der Waals surface area (Å²) in [5, 5.41) is 15.4. The lowest BCUT2D eigenvalue weighted by Crippen LogP contribution is -2.57. The van der Waals surface area contributed by atoms with E-state index in [9.17, 15) is 14.3 Å². The molecule has 5 aliphatic rings. The Labute approximate surface area is 270 Å². The van der Waals surface area contributed by atoms with Gasteiger partial charge in [0.2, 0.25) is 5.91 Å². The molecule has 3 saturated heterocycles. The van der Waals surface area contributed by atoms with E-state index in [-0.39, 0.29) is 48.2 Å².